The molecule has 1 amide bonds. The molecule has 1 N–H and O–H groups in total. The maximum Gasteiger partial charge on any atom is 0.264 e. The molecule has 0 atom stereocenters. The molecule has 0 aliphatic carbocycles. The predicted molar refractivity (Wildman–Crippen MR) is 119 cm³/mol. The standard InChI is InChI=1S/C24H24N4O3/c1-16(2)31-21-11-7-5-9-19(21)18-12-13-22-25-24(27-28(22)14-18)26-23(29)15-30-20-10-6-4-8-17(20)3/h4-14,16H,15H2,1-3H3,(H,26,27,29). The Kier molecular flexibility index (Phi) is 5.84. The van der Waals surface area contributed by atoms with Crippen LogP contribution in [-0.2, 0) is 4.79 Å². The summed E-state index contributed by atoms with van der Waals surface area (Å²) in [6.45, 7) is 5.80. The normalized spacial score (nSPS) is 11.0. The molecule has 0 saturated carbocycles. The van der Waals surface area contributed by atoms with Crippen molar-refractivity contribution in [1.29, 1.82) is 0 Å². The number of ether oxygens (including phenoxy) is 2. The Morgan fingerprint density at radius 1 is 1.03 bits per heavy atom. The lowest BCUT2D eigenvalue weighted by atomic mass is 10.1. The minimum atomic E-state index is -0.324. The third-order valence-corrected chi connectivity index (χ3v) is 4.60. The van der Waals surface area contributed by atoms with Gasteiger partial charge < -0.3 is 9.47 Å². The van der Waals surface area contributed by atoms with Gasteiger partial charge in [0.05, 0.1) is 6.10 Å². The van der Waals surface area contributed by atoms with Crippen molar-refractivity contribution >= 4 is 17.5 Å². The Balaban J connectivity index is 1.49. The molecule has 0 fully saturated rings. The number of benzene rings is 2. The molecule has 7 nitrogen and oxygen atoms in total. The van der Waals surface area contributed by atoms with E-state index < -0.39 is 0 Å². The third kappa shape index (κ3) is 4.83. The second-order valence-electron chi connectivity index (χ2n) is 7.42. The Morgan fingerprint density at radius 3 is 2.55 bits per heavy atom. The van der Waals surface area contributed by atoms with Gasteiger partial charge in [-0.1, -0.05) is 36.4 Å². The second-order valence-corrected chi connectivity index (χ2v) is 7.42. The summed E-state index contributed by atoms with van der Waals surface area (Å²) in [5.74, 6) is 1.38. The van der Waals surface area contributed by atoms with Crippen LogP contribution in [0.2, 0.25) is 0 Å². The van der Waals surface area contributed by atoms with E-state index in [4.69, 9.17) is 9.47 Å². The smallest absolute Gasteiger partial charge is 0.264 e. The number of nitrogens with zero attached hydrogens (tertiary/aromatic N) is 3. The van der Waals surface area contributed by atoms with Crippen molar-refractivity contribution in [2.45, 2.75) is 26.9 Å². The molecule has 2 heterocycles. The van der Waals surface area contributed by atoms with Crippen molar-refractivity contribution in [1.82, 2.24) is 14.6 Å². The van der Waals surface area contributed by atoms with Crippen LogP contribution >= 0.6 is 0 Å². The molecule has 158 valence electrons. The van der Waals surface area contributed by atoms with Gasteiger partial charge in [-0.2, -0.15) is 4.98 Å². The first-order valence-electron chi connectivity index (χ1n) is 10.1. The van der Waals surface area contributed by atoms with Crippen molar-refractivity contribution in [3.8, 4) is 22.6 Å². The summed E-state index contributed by atoms with van der Waals surface area (Å²) >= 11 is 0. The van der Waals surface area contributed by atoms with Crippen molar-refractivity contribution in [3.05, 3.63) is 72.4 Å². The predicted octanol–water partition coefficient (Wildman–Crippen LogP) is 4.51. The van der Waals surface area contributed by atoms with E-state index in [2.05, 4.69) is 15.4 Å². The van der Waals surface area contributed by atoms with Crippen molar-refractivity contribution in [2.24, 2.45) is 0 Å². The quantitative estimate of drug-likeness (QED) is 0.480. The number of carbonyl (C=O) groups is 1. The summed E-state index contributed by atoms with van der Waals surface area (Å²) in [6, 6.07) is 19.2. The van der Waals surface area contributed by atoms with Gasteiger partial charge in [-0.25, -0.2) is 4.52 Å². The van der Waals surface area contributed by atoms with Crippen molar-refractivity contribution in [2.75, 3.05) is 11.9 Å². The van der Waals surface area contributed by atoms with Gasteiger partial charge in [0, 0.05) is 17.3 Å². The zero-order valence-corrected chi connectivity index (χ0v) is 17.7. The van der Waals surface area contributed by atoms with Crippen LogP contribution in [0.1, 0.15) is 19.4 Å². The maximum absolute atomic E-state index is 12.3. The third-order valence-electron chi connectivity index (χ3n) is 4.60. The Bertz CT molecular complexity index is 1220. The van der Waals surface area contributed by atoms with Gasteiger partial charge in [-0.05, 0) is 50.6 Å². The van der Waals surface area contributed by atoms with Gasteiger partial charge in [-0.3, -0.25) is 10.1 Å². The molecule has 0 saturated heterocycles. The molecular formula is C24H24N4O3. The lowest BCUT2D eigenvalue weighted by molar-refractivity contribution is -0.118. The van der Waals surface area contributed by atoms with Crippen molar-refractivity contribution < 1.29 is 14.3 Å². The van der Waals surface area contributed by atoms with E-state index in [0.717, 1.165) is 22.4 Å². The number of rotatable bonds is 7. The number of carbonyl (C=O) groups excluding carboxylic acids is 1. The molecule has 0 radical (unpaired) electrons. The average Bonchev–Trinajstić information content (AvgIpc) is 3.14. The first-order valence-corrected chi connectivity index (χ1v) is 10.1. The number of pyridine rings is 1. The monoisotopic (exact) mass is 416 g/mol. The van der Waals surface area contributed by atoms with E-state index in [1.807, 2.05) is 87.6 Å². The van der Waals surface area contributed by atoms with Crippen LogP contribution in [0.3, 0.4) is 0 Å². The van der Waals surface area contributed by atoms with Gasteiger partial charge in [0.2, 0.25) is 5.95 Å². The fraction of sp³-hybridized carbons (Fsp3) is 0.208. The number of amides is 1. The molecule has 0 aliphatic heterocycles. The molecule has 0 spiro atoms. The Hall–Kier alpha value is -3.87. The van der Waals surface area contributed by atoms with Crippen LogP contribution in [0, 0.1) is 6.92 Å². The Labute approximate surface area is 180 Å². The molecule has 7 heteroatoms. The van der Waals surface area contributed by atoms with Crippen LogP contribution in [-0.4, -0.2) is 33.2 Å². The van der Waals surface area contributed by atoms with E-state index in [0.29, 0.717) is 11.4 Å². The lowest BCUT2D eigenvalue weighted by Gasteiger charge is -2.14. The molecule has 0 bridgehead atoms. The molecule has 2 aromatic heterocycles. The van der Waals surface area contributed by atoms with E-state index in [1.54, 1.807) is 4.52 Å². The van der Waals surface area contributed by atoms with Crippen LogP contribution < -0.4 is 14.8 Å². The number of anilines is 1. The summed E-state index contributed by atoms with van der Waals surface area (Å²) in [6.07, 6.45) is 1.93. The first-order chi connectivity index (χ1) is 15.0. The van der Waals surface area contributed by atoms with Crippen LogP contribution in [0.25, 0.3) is 16.8 Å². The van der Waals surface area contributed by atoms with Gasteiger partial charge in [-0.15, -0.1) is 5.10 Å². The summed E-state index contributed by atoms with van der Waals surface area (Å²) in [4.78, 5) is 16.6. The molecule has 2 aromatic carbocycles. The SMILES string of the molecule is Cc1ccccc1OCC(=O)Nc1nc2ccc(-c3ccccc3OC(C)C)cn2n1. The van der Waals surface area contributed by atoms with Gasteiger partial charge in [0.1, 0.15) is 11.5 Å². The highest BCUT2D eigenvalue weighted by atomic mass is 16.5. The van der Waals surface area contributed by atoms with Crippen LogP contribution in [0.5, 0.6) is 11.5 Å². The minimum absolute atomic E-state index is 0.0694. The number of para-hydroxylation sites is 2. The number of aromatic nitrogens is 3. The topological polar surface area (TPSA) is 77.8 Å². The average molecular weight is 416 g/mol. The number of hydrogen-bond acceptors (Lipinski definition) is 5. The lowest BCUT2D eigenvalue weighted by Crippen LogP contribution is -2.21. The zero-order valence-electron chi connectivity index (χ0n) is 17.7. The minimum Gasteiger partial charge on any atom is -0.490 e. The first kappa shape index (κ1) is 20.4. The number of nitrogens with one attached hydrogen (secondary N) is 1. The fourth-order valence-corrected chi connectivity index (χ4v) is 3.18. The molecule has 4 rings (SSSR count). The van der Waals surface area contributed by atoms with E-state index in [-0.39, 0.29) is 24.6 Å². The summed E-state index contributed by atoms with van der Waals surface area (Å²) in [5.41, 5.74) is 3.50. The van der Waals surface area contributed by atoms with Gasteiger partial charge in [0.15, 0.2) is 12.3 Å². The van der Waals surface area contributed by atoms with Crippen molar-refractivity contribution in [3.63, 3.8) is 0 Å². The highest BCUT2D eigenvalue weighted by molar-refractivity contribution is 5.90. The van der Waals surface area contributed by atoms with E-state index in [9.17, 15) is 4.79 Å². The largest absolute Gasteiger partial charge is 0.490 e. The molecule has 4 aromatic rings. The van der Waals surface area contributed by atoms with E-state index in [1.165, 1.54) is 0 Å². The van der Waals surface area contributed by atoms with Gasteiger partial charge >= 0.3 is 0 Å². The van der Waals surface area contributed by atoms with Crippen LogP contribution in [0.4, 0.5) is 5.95 Å². The maximum atomic E-state index is 12.3. The molecular weight excluding hydrogens is 392 g/mol. The van der Waals surface area contributed by atoms with Crippen LogP contribution in [0.15, 0.2) is 66.9 Å². The number of hydrogen-bond donors (Lipinski definition) is 1. The van der Waals surface area contributed by atoms with Gasteiger partial charge in [0.25, 0.3) is 5.91 Å². The number of fused-ring (bicyclic) bond motifs is 1. The summed E-state index contributed by atoms with van der Waals surface area (Å²) < 4.78 is 13.1. The molecule has 31 heavy (non-hydrogen) atoms. The molecule has 0 unspecified atom stereocenters. The Morgan fingerprint density at radius 2 is 1.77 bits per heavy atom. The fourth-order valence-electron chi connectivity index (χ4n) is 3.18. The second kappa shape index (κ2) is 8.87. The molecule has 0 aliphatic rings. The summed E-state index contributed by atoms with van der Waals surface area (Å²) in [7, 11) is 0. The zero-order chi connectivity index (χ0) is 21.8. The highest BCUT2D eigenvalue weighted by Crippen LogP contribution is 2.30. The summed E-state index contributed by atoms with van der Waals surface area (Å²) in [5, 5.41) is 7.07. The highest BCUT2D eigenvalue weighted by Gasteiger charge is 2.12. The number of aryl methyl sites for hydroxylation is 1. The van der Waals surface area contributed by atoms with E-state index >= 15 is 0 Å².